The Morgan fingerprint density at radius 2 is 1.82 bits per heavy atom. The Morgan fingerprint density at radius 3 is 2.58 bits per heavy atom. The molecule has 33 heavy (non-hydrogen) atoms. The molecular weight excluding hydrogens is 434 g/mol. The van der Waals surface area contributed by atoms with E-state index in [9.17, 15) is 9.90 Å². The summed E-state index contributed by atoms with van der Waals surface area (Å²) in [6.45, 7) is 1.78. The highest BCUT2D eigenvalue weighted by Crippen LogP contribution is 2.34. The molecule has 1 aliphatic rings. The van der Waals surface area contributed by atoms with Gasteiger partial charge in [-0.05, 0) is 66.8 Å². The zero-order chi connectivity index (χ0) is 23.2. The third-order valence-electron chi connectivity index (χ3n) is 5.29. The number of nitrogens with one attached hydrogen (secondary N) is 1. The molecule has 0 unspecified atom stereocenters. The van der Waals surface area contributed by atoms with Crippen molar-refractivity contribution in [1.82, 2.24) is 5.32 Å². The maximum absolute atomic E-state index is 12.5. The average Bonchev–Trinajstić information content (AvgIpc) is 2.80. The standard InChI is InChI=1S/C27H24ClN3O2/c1-18(31-26(33)15-19-7-10-22(28)11-8-19)30-25-14-9-21-16-23(32)12-13-24(21)27(25)29-17-20-5-3-2-4-6-20/h2-8,10-13,16-17,32H,9,14-15H2,1H3,(H,30,31,33). The highest BCUT2D eigenvalue weighted by molar-refractivity contribution is 6.30. The second-order valence-electron chi connectivity index (χ2n) is 7.85. The molecule has 3 aromatic carbocycles. The van der Waals surface area contributed by atoms with Crippen molar-refractivity contribution < 1.29 is 9.90 Å². The average molecular weight is 458 g/mol. The lowest BCUT2D eigenvalue weighted by Crippen LogP contribution is -2.30. The number of allylic oxidation sites excluding steroid dienone is 1. The number of hydrogen-bond donors (Lipinski definition) is 2. The van der Waals surface area contributed by atoms with Crippen molar-refractivity contribution in [3.63, 3.8) is 0 Å². The van der Waals surface area contributed by atoms with Gasteiger partial charge >= 0.3 is 0 Å². The van der Waals surface area contributed by atoms with Crippen molar-refractivity contribution in [2.45, 2.75) is 26.2 Å². The summed E-state index contributed by atoms with van der Waals surface area (Å²) < 4.78 is 0. The molecule has 2 N–H and O–H groups in total. The molecule has 0 spiro atoms. The Kier molecular flexibility index (Phi) is 7.01. The van der Waals surface area contributed by atoms with Gasteiger partial charge in [-0.3, -0.25) is 9.79 Å². The normalized spacial score (nSPS) is 13.8. The molecule has 0 aromatic heterocycles. The van der Waals surface area contributed by atoms with Crippen LogP contribution in [0, 0.1) is 0 Å². The van der Waals surface area contributed by atoms with Gasteiger partial charge in [0, 0.05) is 16.8 Å². The number of hydrogen-bond acceptors (Lipinski definition) is 4. The molecule has 0 aliphatic heterocycles. The molecule has 1 aliphatic carbocycles. The predicted octanol–water partition coefficient (Wildman–Crippen LogP) is 5.56. The molecule has 4 rings (SSSR count). The van der Waals surface area contributed by atoms with Crippen LogP contribution in [0.15, 0.2) is 88.5 Å². The molecular formula is C27H24ClN3O2. The Balaban J connectivity index is 1.60. The van der Waals surface area contributed by atoms with E-state index >= 15 is 0 Å². The summed E-state index contributed by atoms with van der Waals surface area (Å²) in [7, 11) is 0. The second-order valence-corrected chi connectivity index (χ2v) is 8.29. The fraction of sp³-hybridized carbons (Fsp3) is 0.148. The van der Waals surface area contributed by atoms with E-state index in [0.717, 1.165) is 40.1 Å². The molecule has 0 fully saturated rings. The summed E-state index contributed by atoms with van der Waals surface area (Å²) in [6.07, 6.45) is 3.44. The molecule has 166 valence electrons. The van der Waals surface area contributed by atoms with Crippen molar-refractivity contribution in [3.05, 3.63) is 106 Å². The van der Waals surface area contributed by atoms with Crippen LogP contribution in [0.4, 0.5) is 0 Å². The number of aromatic hydroxyl groups is 1. The minimum absolute atomic E-state index is 0.144. The number of carbonyl (C=O) groups is 1. The lowest BCUT2D eigenvalue weighted by Gasteiger charge is -2.19. The van der Waals surface area contributed by atoms with Crippen LogP contribution in [0.3, 0.4) is 0 Å². The highest BCUT2D eigenvalue weighted by Gasteiger charge is 2.19. The van der Waals surface area contributed by atoms with Gasteiger partial charge in [-0.25, -0.2) is 4.99 Å². The van der Waals surface area contributed by atoms with E-state index in [2.05, 4.69) is 5.32 Å². The minimum Gasteiger partial charge on any atom is -0.508 e. The van der Waals surface area contributed by atoms with Crippen LogP contribution in [0.1, 0.15) is 35.6 Å². The number of benzene rings is 3. The molecule has 0 bridgehead atoms. The van der Waals surface area contributed by atoms with Crippen LogP contribution >= 0.6 is 11.6 Å². The van der Waals surface area contributed by atoms with Gasteiger partial charge < -0.3 is 10.4 Å². The molecule has 0 heterocycles. The molecule has 0 atom stereocenters. The monoisotopic (exact) mass is 457 g/mol. The number of amides is 1. The summed E-state index contributed by atoms with van der Waals surface area (Å²) in [5.74, 6) is 0.603. The minimum atomic E-state index is -0.144. The number of amidine groups is 1. The summed E-state index contributed by atoms with van der Waals surface area (Å²) in [5, 5.41) is 13.4. The first-order chi connectivity index (χ1) is 16.0. The van der Waals surface area contributed by atoms with Crippen molar-refractivity contribution >= 4 is 35.3 Å². The number of aryl methyl sites for hydroxylation is 1. The van der Waals surface area contributed by atoms with Gasteiger partial charge in [0.2, 0.25) is 5.91 Å². The number of nitrogens with zero attached hydrogens (tertiary/aromatic N) is 2. The van der Waals surface area contributed by atoms with E-state index in [1.807, 2.05) is 48.5 Å². The molecule has 0 saturated carbocycles. The topological polar surface area (TPSA) is 74.1 Å². The van der Waals surface area contributed by atoms with Crippen LogP contribution in [0.2, 0.25) is 5.02 Å². The lowest BCUT2D eigenvalue weighted by atomic mass is 9.92. The van der Waals surface area contributed by atoms with E-state index in [1.165, 1.54) is 0 Å². The molecule has 0 radical (unpaired) electrons. The first kappa shape index (κ1) is 22.5. The maximum Gasteiger partial charge on any atom is 0.229 e. The van der Waals surface area contributed by atoms with Crippen molar-refractivity contribution in [2.75, 3.05) is 0 Å². The van der Waals surface area contributed by atoms with Gasteiger partial charge in [0.1, 0.15) is 11.6 Å². The zero-order valence-electron chi connectivity index (χ0n) is 18.3. The lowest BCUT2D eigenvalue weighted by molar-refractivity contribution is -0.119. The molecule has 1 amide bonds. The van der Waals surface area contributed by atoms with Crippen molar-refractivity contribution in [3.8, 4) is 5.75 Å². The van der Waals surface area contributed by atoms with Gasteiger partial charge in [-0.2, -0.15) is 0 Å². The number of phenols is 1. The Hall–Kier alpha value is -3.70. The second kappa shape index (κ2) is 10.3. The summed E-state index contributed by atoms with van der Waals surface area (Å²) >= 11 is 5.91. The fourth-order valence-electron chi connectivity index (χ4n) is 3.74. The summed E-state index contributed by atoms with van der Waals surface area (Å²) in [4.78, 5) is 21.9. The van der Waals surface area contributed by atoms with Crippen molar-refractivity contribution in [2.24, 2.45) is 9.98 Å². The first-order valence-electron chi connectivity index (χ1n) is 10.7. The predicted molar refractivity (Wildman–Crippen MR) is 134 cm³/mol. The van der Waals surface area contributed by atoms with E-state index in [1.54, 1.807) is 37.4 Å². The molecule has 6 heteroatoms. The zero-order valence-corrected chi connectivity index (χ0v) is 19.0. The Labute approximate surface area is 198 Å². The van der Waals surface area contributed by atoms with Gasteiger partial charge in [-0.1, -0.05) is 54.1 Å². The summed E-state index contributed by atoms with van der Waals surface area (Å²) in [6, 6.07) is 22.3. The maximum atomic E-state index is 12.5. The van der Waals surface area contributed by atoms with E-state index in [4.69, 9.17) is 21.6 Å². The van der Waals surface area contributed by atoms with Crippen LogP contribution in [0.5, 0.6) is 5.75 Å². The number of phenolic OH excluding ortho intramolecular Hbond substituents is 1. The van der Waals surface area contributed by atoms with Crippen LogP contribution in [0.25, 0.3) is 5.70 Å². The number of carbonyl (C=O) groups excluding carboxylic acids is 1. The number of rotatable bonds is 5. The van der Waals surface area contributed by atoms with E-state index < -0.39 is 0 Å². The van der Waals surface area contributed by atoms with Crippen molar-refractivity contribution in [1.29, 1.82) is 0 Å². The van der Waals surface area contributed by atoms with Gasteiger partial charge in [0.05, 0.1) is 17.8 Å². The van der Waals surface area contributed by atoms with Gasteiger partial charge in [-0.15, -0.1) is 0 Å². The smallest absolute Gasteiger partial charge is 0.229 e. The van der Waals surface area contributed by atoms with Crippen LogP contribution < -0.4 is 5.32 Å². The van der Waals surface area contributed by atoms with E-state index in [-0.39, 0.29) is 18.1 Å². The van der Waals surface area contributed by atoms with Gasteiger partial charge in [0.25, 0.3) is 0 Å². The fourth-order valence-corrected chi connectivity index (χ4v) is 3.87. The third kappa shape index (κ3) is 5.96. The van der Waals surface area contributed by atoms with Gasteiger partial charge in [0.15, 0.2) is 0 Å². The number of fused-ring (bicyclic) bond motifs is 1. The molecule has 5 nitrogen and oxygen atoms in total. The Morgan fingerprint density at radius 1 is 1.06 bits per heavy atom. The highest BCUT2D eigenvalue weighted by atomic mass is 35.5. The van der Waals surface area contributed by atoms with Crippen LogP contribution in [-0.4, -0.2) is 23.1 Å². The van der Waals surface area contributed by atoms with Crippen LogP contribution in [-0.2, 0) is 17.6 Å². The third-order valence-corrected chi connectivity index (χ3v) is 5.54. The molecule has 0 saturated heterocycles. The SMILES string of the molecule is CC(=NC1=C(N=Cc2ccccc2)c2ccc(O)cc2CC1)NC(=O)Cc1ccc(Cl)cc1. The quantitative estimate of drug-likeness (QED) is 0.389. The first-order valence-corrected chi connectivity index (χ1v) is 11.1. The molecule has 3 aromatic rings. The Bertz CT molecular complexity index is 1250. The largest absolute Gasteiger partial charge is 0.508 e. The van der Waals surface area contributed by atoms with E-state index in [0.29, 0.717) is 17.3 Å². The summed E-state index contributed by atoms with van der Waals surface area (Å²) in [5.41, 5.74) is 5.36. The number of aliphatic imine (C=N–C) groups is 2. The number of halogens is 1.